The zero-order chi connectivity index (χ0) is 16.5. The first-order valence-electron chi connectivity index (χ1n) is 6.54. The summed E-state index contributed by atoms with van der Waals surface area (Å²) >= 11 is 0.194. The maximum absolute atomic E-state index is 4.76. The number of hydrogen-bond acceptors (Lipinski definition) is 2. The van der Waals surface area contributed by atoms with Gasteiger partial charge in [-0.1, -0.05) is 29.8 Å². The molecule has 1 aromatic heterocycles. The molecule has 0 unspecified atom stereocenters. The van der Waals surface area contributed by atoms with E-state index in [-0.39, 0.29) is 13.1 Å². The van der Waals surface area contributed by atoms with E-state index in [0.29, 0.717) is 0 Å². The fraction of sp³-hybridized carbons (Fsp3) is 0.250. The number of nitrogens with zero attached hydrogens (tertiary/aromatic N) is 3. The molecular weight excluding hydrogens is 361 g/mol. The molecule has 0 aliphatic rings. The van der Waals surface area contributed by atoms with Gasteiger partial charge in [-0.25, -0.2) is 0 Å². The zero-order valence-corrected chi connectivity index (χ0v) is 15.5. The van der Waals surface area contributed by atoms with Crippen molar-refractivity contribution >= 4 is 38.3 Å². The quantitative estimate of drug-likeness (QED) is 0.561. The molecular formula is C16H18Cl2FeN3. The molecule has 6 heteroatoms. The molecule has 0 aliphatic carbocycles. The Bertz CT molecular complexity index is 640. The summed E-state index contributed by atoms with van der Waals surface area (Å²) in [6.07, 6.45) is 3.54. The normalized spacial score (nSPS) is 11.0. The Kier molecular flexibility index (Phi) is 8.51. The van der Waals surface area contributed by atoms with Crippen LogP contribution >= 0.6 is 20.2 Å². The van der Waals surface area contributed by atoms with Gasteiger partial charge < -0.3 is 4.98 Å². The average molecular weight is 379 g/mol. The van der Waals surface area contributed by atoms with Crippen LogP contribution < -0.4 is 4.98 Å². The van der Waals surface area contributed by atoms with Crippen molar-refractivity contribution in [1.29, 1.82) is 0 Å². The third-order valence-electron chi connectivity index (χ3n) is 2.91. The molecule has 0 radical (unpaired) electrons. The van der Waals surface area contributed by atoms with E-state index >= 15 is 0 Å². The molecule has 0 bridgehead atoms. The standard InChI is InChI=1S/C16H18N3.2ClH.Fe/c1-11-7-12(2)16(13(3)8-11)18-10-15-6-5-14(19-15)9-17-4;;;/h5-10H,1-4H3;2*1H;/q-1;;;+3/p-2. The van der Waals surface area contributed by atoms with E-state index in [0.717, 1.165) is 17.1 Å². The first-order valence-corrected chi connectivity index (χ1v) is 9.58. The van der Waals surface area contributed by atoms with Gasteiger partial charge in [-0.2, -0.15) is 0 Å². The van der Waals surface area contributed by atoms with Gasteiger partial charge >= 0.3 is 33.3 Å². The van der Waals surface area contributed by atoms with Crippen molar-refractivity contribution in [2.24, 2.45) is 9.98 Å². The summed E-state index contributed by atoms with van der Waals surface area (Å²) in [6.45, 7) is 6.27. The molecule has 0 saturated heterocycles. The van der Waals surface area contributed by atoms with Crippen molar-refractivity contribution in [3.8, 4) is 0 Å². The molecule has 2 aromatic rings. The zero-order valence-electron chi connectivity index (χ0n) is 12.9. The molecule has 0 fully saturated rings. The Balaban J connectivity index is 0.000000745. The van der Waals surface area contributed by atoms with E-state index in [2.05, 4.69) is 47.9 Å². The van der Waals surface area contributed by atoms with Gasteiger partial charge in [-0.3, -0.25) is 9.98 Å². The van der Waals surface area contributed by atoms with Gasteiger partial charge in [0.05, 0.1) is 5.69 Å². The van der Waals surface area contributed by atoms with Crippen LogP contribution in [0.15, 0.2) is 34.3 Å². The molecule has 22 heavy (non-hydrogen) atoms. The summed E-state index contributed by atoms with van der Waals surface area (Å²) in [6, 6.07) is 8.17. The van der Waals surface area contributed by atoms with Crippen LogP contribution in [0.2, 0.25) is 0 Å². The van der Waals surface area contributed by atoms with E-state index in [9.17, 15) is 0 Å². The Morgan fingerprint density at radius 3 is 2.00 bits per heavy atom. The van der Waals surface area contributed by atoms with E-state index < -0.39 is 0 Å². The van der Waals surface area contributed by atoms with E-state index in [1.54, 1.807) is 19.5 Å². The van der Waals surface area contributed by atoms with Gasteiger partial charge in [0.25, 0.3) is 0 Å². The number of hydrogen-bond donors (Lipinski definition) is 0. The molecule has 3 nitrogen and oxygen atoms in total. The molecule has 0 N–H and O–H groups in total. The molecule has 0 spiro atoms. The summed E-state index contributed by atoms with van der Waals surface area (Å²) < 4.78 is 0. The van der Waals surface area contributed by atoms with Crippen molar-refractivity contribution in [1.82, 2.24) is 4.98 Å². The third kappa shape index (κ3) is 5.97. The maximum atomic E-state index is 4.76. The van der Waals surface area contributed by atoms with Crippen molar-refractivity contribution in [2.45, 2.75) is 20.8 Å². The van der Waals surface area contributed by atoms with Crippen LogP contribution in [-0.2, 0) is 13.1 Å². The number of aryl methyl sites for hydroxylation is 3. The van der Waals surface area contributed by atoms with Crippen molar-refractivity contribution in [3.63, 3.8) is 0 Å². The minimum atomic E-state index is 0.194. The molecule has 2 rings (SSSR count). The predicted molar refractivity (Wildman–Crippen MR) is 92.9 cm³/mol. The number of benzene rings is 1. The molecule has 1 heterocycles. The first-order chi connectivity index (χ1) is 10.5. The van der Waals surface area contributed by atoms with E-state index in [4.69, 9.17) is 20.2 Å². The molecule has 0 aliphatic heterocycles. The molecule has 0 amide bonds. The van der Waals surface area contributed by atoms with Gasteiger partial charge in [0.1, 0.15) is 0 Å². The molecule has 0 atom stereocenters. The van der Waals surface area contributed by atoms with Crippen LogP contribution in [0.1, 0.15) is 28.1 Å². The summed E-state index contributed by atoms with van der Waals surface area (Å²) in [4.78, 5) is 12.9. The van der Waals surface area contributed by atoms with Gasteiger partial charge in [0, 0.05) is 19.5 Å². The van der Waals surface area contributed by atoms with Gasteiger partial charge in [0.2, 0.25) is 0 Å². The SMILES string of the molecule is CN=Cc1ccc(C=Nc2c(C)cc(C)cc2C)[n-]1.[Cl][Fe+][Cl]. The van der Waals surface area contributed by atoms with Crippen LogP contribution in [0.3, 0.4) is 0 Å². The summed E-state index contributed by atoms with van der Waals surface area (Å²) in [7, 11) is 11.3. The van der Waals surface area contributed by atoms with Crippen molar-refractivity contribution in [3.05, 3.63) is 52.3 Å². The second-order valence-electron chi connectivity index (χ2n) is 4.74. The van der Waals surface area contributed by atoms with Crippen LogP contribution in [0.25, 0.3) is 0 Å². The number of rotatable bonds is 3. The second-order valence-corrected chi connectivity index (χ2v) is 6.56. The number of aromatic nitrogens is 1. The Morgan fingerprint density at radius 2 is 1.50 bits per heavy atom. The van der Waals surface area contributed by atoms with Crippen LogP contribution in [0.4, 0.5) is 5.69 Å². The fourth-order valence-electron chi connectivity index (χ4n) is 2.18. The monoisotopic (exact) mass is 378 g/mol. The second kappa shape index (κ2) is 9.86. The Hall–Kier alpha value is -1.06. The topological polar surface area (TPSA) is 38.8 Å². The Labute approximate surface area is 146 Å². The summed E-state index contributed by atoms with van der Waals surface area (Å²) in [5.41, 5.74) is 6.39. The van der Waals surface area contributed by atoms with Gasteiger partial charge in [0.15, 0.2) is 0 Å². The Morgan fingerprint density at radius 1 is 1.00 bits per heavy atom. The van der Waals surface area contributed by atoms with Crippen LogP contribution in [0, 0.1) is 20.8 Å². The third-order valence-corrected chi connectivity index (χ3v) is 2.91. The van der Waals surface area contributed by atoms with E-state index in [1.807, 2.05) is 12.1 Å². The fourth-order valence-corrected chi connectivity index (χ4v) is 2.18. The molecule has 119 valence electrons. The summed E-state index contributed by atoms with van der Waals surface area (Å²) in [5.74, 6) is 0. The molecule has 0 saturated carbocycles. The van der Waals surface area contributed by atoms with Gasteiger partial charge in [-0.15, -0.1) is 11.4 Å². The number of aliphatic imine (C=N–C) groups is 2. The average Bonchev–Trinajstić information content (AvgIpc) is 2.86. The van der Waals surface area contributed by atoms with Crippen LogP contribution in [0.5, 0.6) is 0 Å². The summed E-state index contributed by atoms with van der Waals surface area (Å²) in [5, 5.41) is 0. The first kappa shape index (κ1) is 19.0. The van der Waals surface area contributed by atoms with Crippen LogP contribution in [-0.4, -0.2) is 19.5 Å². The number of halogens is 2. The van der Waals surface area contributed by atoms with Crippen molar-refractivity contribution < 1.29 is 13.1 Å². The van der Waals surface area contributed by atoms with Crippen molar-refractivity contribution in [2.75, 3.05) is 7.05 Å². The van der Waals surface area contributed by atoms with Gasteiger partial charge in [-0.05, 0) is 31.9 Å². The molecule has 1 aromatic carbocycles. The predicted octanol–water partition coefficient (Wildman–Crippen LogP) is 4.74. The van der Waals surface area contributed by atoms with E-state index in [1.165, 1.54) is 16.7 Å². The minimum absolute atomic E-state index is 0.194.